The van der Waals surface area contributed by atoms with Crippen LogP contribution >= 0.6 is 11.3 Å². The first kappa shape index (κ1) is 22.5. The van der Waals surface area contributed by atoms with Crippen molar-refractivity contribution in [3.63, 3.8) is 0 Å². The summed E-state index contributed by atoms with van der Waals surface area (Å²) in [5, 5.41) is 2.59. The van der Waals surface area contributed by atoms with Crippen LogP contribution in [0.2, 0.25) is 0 Å². The number of carbonyl (C=O) groups excluding carboxylic acids is 1. The molecule has 1 fully saturated rings. The Balaban J connectivity index is 1.57. The molecule has 0 saturated carbocycles. The number of carbonyl (C=O) groups is 1. The third kappa shape index (κ3) is 5.92. The highest BCUT2D eigenvalue weighted by Gasteiger charge is 2.30. The van der Waals surface area contributed by atoms with Gasteiger partial charge in [0.25, 0.3) is 10.0 Å². The van der Waals surface area contributed by atoms with Crippen molar-refractivity contribution >= 4 is 27.3 Å². The normalized spacial score (nSPS) is 15.3. The molecule has 1 saturated heterocycles. The van der Waals surface area contributed by atoms with Crippen LogP contribution in [0.5, 0.6) is 5.88 Å². The summed E-state index contributed by atoms with van der Waals surface area (Å²) in [5.74, 6) is -0.599. The topological polar surface area (TPSA) is 88.6 Å². The average molecular weight is 464 g/mol. The molecule has 0 aliphatic carbocycles. The molecule has 0 atom stereocenters. The molecule has 3 rings (SSSR count). The molecule has 0 unspecified atom stereocenters. The number of rotatable bonds is 8. The van der Waals surface area contributed by atoms with E-state index in [0.717, 1.165) is 24.2 Å². The van der Waals surface area contributed by atoms with Crippen molar-refractivity contribution in [1.82, 2.24) is 14.6 Å². The van der Waals surface area contributed by atoms with Crippen molar-refractivity contribution in [2.75, 3.05) is 19.7 Å². The molecule has 3 heterocycles. The molecule has 7 nitrogen and oxygen atoms in total. The lowest BCUT2D eigenvalue weighted by atomic mass is 10.2. The molecule has 12 heteroatoms. The second-order valence-electron chi connectivity index (χ2n) is 6.66. The lowest BCUT2D eigenvalue weighted by Gasteiger charge is -2.13. The summed E-state index contributed by atoms with van der Waals surface area (Å²) in [6.07, 6.45) is -1.57. The van der Waals surface area contributed by atoms with Gasteiger partial charge in [-0.2, -0.15) is 17.5 Å². The molecule has 1 N–H and O–H groups in total. The van der Waals surface area contributed by atoms with E-state index in [1.807, 2.05) is 0 Å². The van der Waals surface area contributed by atoms with Crippen LogP contribution in [0.15, 0.2) is 34.7 Å². The molecule has 1 aliphatic rings. The van der Waals surface area contributed by atoms with Gasteiger partial charge in [0.2, 0.25) is 11.8 Å². The van der Waals surface area contributed by atoms with Crippen LogP contribution in [-0.4, -0.2) is 49.5 Å². The largest absolute Gasteiger partial charge is 0.468 e. The van der Waals surface area contributed by atoms with Gasteiger partial charge in [-0.15, -0.1) is 11.3 Å². The van der Waals surface area contributed by atoms with Crippen LogP contribution in [0, 0.1) is 0 Å². The van der Waals surface area contributed by atoms with Crippen LogP contribution in [0.3, 0.4) is 0 Å². The van der Waals surface area contributed by atoms with Crippen LogP contribution < -0.4 is 10.1 Å². The minimum absolute atomic E-state index is 0.0425. The molecule has 0 radical (unpaired) electrons. The molecule has 30 heavy (non-hydrogen) atoms. The number of hydrogen-bond donors (Lipinski definition) is 1. The van der Waals surface area contributed by atoms with Crippen molar-refractivity contribution < 1.29 is 31.1 Å². The summed E-state index contributed by atoms with van der Waals surface area (Å²) in [5.41, 5.74) is 0.304. The highest BCUT2D eigenvalue weighted by atomic mass is 32.2. The number of sulfonamides is 1. The quantitative estimate of drug-likeness (QED) is 0.650. The summed E-state index contributed by atoms with van der Waals surface area (Å²) < 4.78 is 68.5. The molecule has 0 spiro atoms. The molecular weight excluding hydrogens is 443 g/mol. The lowest BCUT2D eigenvalue weighted by molar-refractivity contribution is -0.154. The first-order chi connectivity index (χ1) is 14.1. The fourth-order valence-electron chi connectivity index (χ4n) is 2.90. The second kappa shape index (κ2) is 9.31. The van der Waals surface area contributed by atoms with E-state index in [-0.39, 0.29) is 23.1 Å². The number of halogens is 3. The SMILES string of the molecule is O=C(Cc1ccc(S(=O)(=O)N2CCCC2)s1)NCc1cccnc1OCC(F)(F)F. The van der Waals surface area contributed by atoms with Gasteiger partial charge in [-0.25, -0.2) is 13.4 Å². The molecule has 2 aromatic rings. The third-order valence-electron chi connectivity index (χ3n) is 4.33. The van der Waals surface area contributed by atoms with E-state index in [9.17, 15) is 26.4 Å². The Morgan fingerprint density at radius 1 is 1.23 bits per heavy atom. The maximum absolute atomic E-state index is 12.5. The van der Waals surface area contributed by atoms with E-state index in [4.69, 9.17) is 0 Å². The summed E-state index contributed by atoms with van der Waals surface area (Å²) in [6.45, 7) is -0.543. The number of aromatic nitrogens is 1. The van der Waals surface area contributed by atoms with Crippen molar-refractivity contribution in [1.29, 1.82) is 0 Å². The van der Waals surface area contributed by atoms with E-state index in [1.165, 1.54) is 28.7 Å². The van der Waals surface area contributed by atoms with Crippen LogP contribution in [-0.2, 0) is 27.8 Å². The Morgan fingerprint density at radius 3 is 2.67 bits per heavy atom. The minimum atomic E-state index is -4.50. The standard InChI is InChI=1S/C18H20F3N3O4S2/c19-18(20,21)12-28-17-13(4-3-7-22-17)11-23-15(25)10-14-5-6-16(29-14)30(26,27)24-8-1-2-9-24/h3-7H,1-2,8-12H2,(H,23,25). The van der Waals surface area contributed by atoms with E-state index in [0.29, 0.717) is 23.5 Å². The highest BCUT2D eigenvalue weighted by molar-refractivity contribution is 7.91. The number of alkyl halides is 3. The third-order valence-corrected chi connectivity index (χ3v) is 7.78. The summed E-state index contributed by atoms with van der Waals surface area (Å²) in [4.78, 5) is 16.6. The number of nitrogens with one attached hydrogen (secondary N) is 1. The van der Waals surface area contributed by atoms with Gasteiger partial charge in [0.05, 0.1) is 6.42 Å². The zero-order valence-electron chi connectivity index (χ0n) is 15.8. The number of pyridine rings is 1. The average Bonchev–Trinajstić information content (AvgIpc) is 3.37. The van der Waals surface area contributed by atoms with E-state index >= 15 is 0 Å². The van der Waals surface area contributed by atoms with Crippen LogP contribution in [0.25, 0.3) is 0 Å². The summed E-state index contributed by atoms with van der Waals surface area (Å²) in [7, 11) is -3.53. The number of amides is 1. The Bertz CT molecular complexity index is 987. The van der Waals surface area contributed by atoms with Gasteiger partial charge in [-0.1, -0.05) is 6.07 Å². The van der Waals surface area contributed by atoms with Crippen LogP contribution in [0.4, 0.5) is 13.2 Å². The first-order valence-corrected chi connectivity index (χ1v) is 11.4. The molecule has 1 aliphatic heterocycles. The first-order valence-electron chi connectivity index (χ1n) is 9.14. The monoisotopic (exact) mass is 463 g/mol. The zero-order chi connectivity index (χ0) is 21.8. The predicted octanol–water partition coefficient (Wildman–Crippen LogP) is 2.73. The van der Waals surface area contributed by atoms with Crippen molar-refractivity contribution in [2.45, 2.75) is 36.2 Å². The fourth-order valence-corrected chi connectivity index (χ4v) is 5.93. The van der Waals surface area contributed by atoms with Gasteiger partial charge < -0.3 is 10.1 Å². The minimum Gasteiger partial charge on any atom is -0.468 e. The molecule has 0 bridgehead atoms. The molecule has 164 valence electrons. The maximum Gasteiger partial charge on any atom is 0.422 e. The summed E-state index contributed by atoms with van der Waals surface area (Å²) in [6, 6.07) is 6.11. The number of ether oxygens (including phenoxy) is 1. The Labute approximate surface area is 175 Å². The molecular formula is C18H20F3N3O4S2. The van der Waals surface area contributed by atoms with Gasteiger partial charge in [0, 0.05) is 36.3 Å². The summed E-state index contributed by atoms with van der Waals surface area (Å²) >= 11 is 1.04. The van der Waals surface area contributed by atoms with Gasteiger partial charge >= 0.3 is 6.18 Å². The second-order valence-corrected chi connectivity index (χ2v) is 9.99. The van der Waals surface area contributed by atoms with Gasteiger partial charge in [0.1, 0.15) is 4.21 Å². The maximum atomic E-state index is 12.5. The van der Waals surface area contributed by atoms with Crippen molar-refractivity contribution in [2.24, 2.45) is 0 Å². The zero-order valence-corrected chi connectivity index (χ0v) is 17.4. The van der Waals surface area contributed by atoms with Crippen LogP contribution in [0.1, 0.15) is 23.3 Å². The molecule has 2 aromatic heterocycles. The van der Waals surface area contributed by atoms with E-state index in [1.54, 1.807) is 6.07 Å². The Kier molecular flexibility index (Phi) is 6.98. The van der Waals surface area contributed by atoms with Crippen molar-refractivity contribution in [3.8, 4) is 5.88 Å². The molecule has 0 aromatic carbocycles. The Hall–Kier alpha value is -2.18. The highest BCUT2D eigenvalue weighted by Crippen LogP contribution is 2.27. The number of thiophene rings is 1. The fraction of sp³-hybridized carbons (Fsp3) is 0.444. The van der Waals surface area contributed by atoms with E-state index in [2.05, 4.69) is 15.0 Å². The smallest absolute Gasteiger partial charge is 0.422 e. The van der Waals surface area contributed by atoms with Gasteiger partial charge in [-0.3, -0.25) is 4.79 Å². The lowest BCUT2D eigenvalue weighted by Crippen LogP contribution is -2.27. The van der Waals surface area contributed by atoms with E-state index < -0.39 is 28.7 Å². The molecule has 1 amide bonds. The number of nitrogens with zero attached hydrogens (tertiary/aromatic N) is 2. The number of hydrogen-bond acceptors (Lipinski definition) is 6. The Morgan fingerprint density at radius 2 is 1.97 bits per heavy atom. The van der Waals surface area contributed by atoms with Gasteiger partial charge in [-0.05, 0) is 31.0 Å². The van der Waals surface area contributed by atoms with Crippen molar-refractivity contribution in [3.05, 3.63) is 40.9 Å². The van der Waals surface area contributed by atoms with Gasteiger partial charge in [0.15, 0.2) is 6.61 Å². The predicted molar refractivity (Wildman–Crippen MR) is 104 cm³/mol.